The Labute approximate surface area is 292 Å². The second-order valence-electron chi connectivity index (χ2n) is 12.8. The number of hydrogen-bond donors (Lipinski definition) is 2. The quantitative estimate of drug-likeness (QED) is 0.149. The second-order valence-corrected chi connectivity index (χ2v) is 12.8. The molecule has 2 N–H and O–H groups in total. The van der Waals surface area contributed by atoms with Gasteiger partial charge in [-0.25, -0.2) is 4.98 Å². The van der Waals surface area contributed by atoms with Gasteiger partial charge in [-0.3, -0.25) is 14.7 Å². The molecule has 0 saturated carbocycles. The van der Waals surface area contributed by atoms with Gasteiger partial charge in [0, 0.05) is 31.6 Å². The summed E-state index contributed by atoms with van der Waals surface area (Å²) in [5.41, 5.74) is 8.95. The van der Waals surface area contributed by atoms with Crippen LogP contribution in [0, 0.1) is 0 Å². The summed E-state index contributed by atoms with van der Waals surface area (Å²) in [7, 11) is 2.12. The number of ether oxygens (including phenoxy) is 2. The maximum Gasteiger partial charge on any atom is 0.271 e. The number of aliphatic hydroxyl groups is 1. The van der Waals surface area contributed by atoms with Crippen LogP contribution < -0.4 is 5.32 Å². The van der Waals surface area contributed by atoms with Crippen molar-refractivity contribution in [2.45, 2.75) is 44.6 Å². The van der Waals surface area contributed by atoms with Gasteiger partial charge >= 0.3 is 0 Å². The van der Waals surface area contributed by atoms with Crippen molar-refractivity contribution >= 4 is 16.9 Å². The topological polar surface area (TPSA) is 96.8 Å². The number of hydrogen-bond acceptors (Lipinski definition) is 7. The van der Waals surface area contributed by atoms with Crippen molar-refractivity contribution in [3.8, 4) is 11.1 Å². The van der Waals surface area contributed by atoms with Crippen LogP contribution in [0.2, 0.25) is 0 Å². The summed E-state index contributed by atoms with van der Waals surface area (Å²) in [6.45, 7) is 1.96. The average molecular weight is 665 g/mol. The van der Waals surface area contributed by atoms with Crippen LogP contribution in [0.1, 0.15) is 57.1 Å². The molecule has 5 aromatic carbocycles. The highest BCUT2D eigenvalue weighted by Gasteiger charge is 2.32. The molecule has 6 aromatic rings. The molecule has 8 nitrogen and oxygen atoms in total. The van der Waals surface area contributed by atoms with Gasteiger partial charge in [0.25, 0.3) is 5.91 Å². The zero-order valence-electron chi connectivity index (χ0n) is 28.0. The van der Waals surface area contributed by atoms with E-state index in [4.69, 9.17) is 9.47 Å². The highest BCUT2D eigenvalue weighted by atomic mass is 16.7. The van der Waals surface area contributed by atoms with Crippen molar-refractivity contribution < 1.29 is 19.4 Å². The van der Waals surface area contributed by atoms with Crippen LogP contribution in [0.3, 0.4) is 0 Å². The molecule has 1 aromatic heterocycles. The Bertz CT molecular complexity index is 2040. The van der Waals surface area contributed by atoms with Crippen molar-refractivity contribution in [1.82, 2.24) is 20.2 Å². The summed E-state index contributed by atoms with van der Waals surface area (Å²) in [5.74, 6) is -0.266. The van der Waals surface area contributed by atoms with Crippen LogP contribution in [0.4, 0.5) is 0 Å². The first-order valence-electron chi connectivity index (χ1n) is 16.9. The molecule has 1 aliphatic rings. The molecule has 1 saturated heterocycles. The molecule has 3 atom stereocenters. The van der Waals surface area contributed by atoms with Crippen molar-refractivity contribution in [1.29, 1.82) is 0 Å². The molecule has 1 aliphatic heterocycles. The van der Waals surface area contributed by atoms with E-state index in [1.54, 1.807) is 0 Å². The first-order valence-corrected chi connectivity index (χ1v) is 16.9. The zero-order chi connectivity index (χ0) is 34.3. The maximum absolute atomic E-state index is 12.9. The molecular weight excluding hydrogens is 624 g/mol. The molecule has 0 bridgehead atoms. The van der Waals surface area contributed by atoms with E-state index < -0.39 is 6.29 Å². The molecule has 0 spiro atoms. The van der Waals surface area contributed by atoms with E-state index in [9.17, 15) is 9.90 Å². The smallest absolute Gasteiger partial charge is 0.271 e. The fraction of sp³-hybridized carbons (Fsp3) is 0.214. The molecule has 8 heteroatoms. The molecule has 7 rings (SSSR count). The minimum Gasteiger partial charge on any atom is -0.392 e. The molecule has 1 amide bonds. The van der Waals surface area contributed by atoms with E-state index in [1.807, 2.05) is 66.7 Å². The van der Waals surface area contributed by atoms with E-state index in [-0.39, 0.29) is 30.4 Å². The van der Waals surface area contributed by atoms with E-state index in [0.717, 1.165) is 58.4 Å². The van der Waals surface area contributed by atoms with Gasteiger partial charge in [-0.1, -0.05) is 109 Å². The normalized spacial score (nSPS) is 17.5. The van der Waals surface area contributed by atoms with Crippen molar-refractivity contribution in [2.24, 2.45) is 0 Å². The van der Waals surface area contributed by atoms with E-state index in [1.165, 1.54) is 11.8 Å². The number of nitrogens with zero attached hydrogens (tertiary/aromatic N) is 3. The highest BCUT2D eigenvalue weighted by Crippen LogP contribution is 2.38. The number of carbonyl (C=O) groups excluding carboxylic acids is 1. The molecule has 50 heavy (non-hydrogen) atoms. The zero-order valence-corrected chi connectivity index (χ0v) is 28.0. The third kappa shape index (κ3) is 8.13. The third-order valence-electron chi connectivity index (χ3n) is 9.00. The lowest BCUT2D eigenvalue weighted by Gasteiger charge is -2.38. The Morgan fingerprint density at radius 1 is 0.780 bits per heavy atom. The monoisotopic (exact) mass is 664 g/mol. The van der Waals surface area contributed by atoms with E-state index in [2.05, 4.69) is 87.9 Å². The molecule has 0 unspecified atom stereocenters. The Morgan fingerprint density at radius 3 is 2.28 bits per heavy atom. The Balaban J connectivity index is 1.03. The largest absolute Gasteiger partial charge is 0.392 e. The number of aromatic nitrogens is 2. The minimum absolute atomic E-state index is 0.00878. The van der Waals surface area contributed by atoms with Crippen LogP contribution in [-0.2, 0) is 29.2 Å². The number of nitrogens with one attached hydrogen (secondary N) is 1. The number of fused-ring (bicyclic) bond motifs is 1. The Kier molecular flexibility index (Phi) is 10.3. The first kappa shape index (κ1) is 33.3. The number of likely N-dealkylation sites (N-methyl/N-ethyl adjacent to an activating group) is 1. The van der Waals surface area contributed by atoms with Gasteiger partial charge in [0.2, 0.25) is 0 Å². The lowest BCUT2D eigenvalue weighted by molar-refractivity contribution is -0.252. The predicted molar refractivity (Wildman–Crippen MR) is 194 cm³/mol. The van der Waals surface area contributed by atoms with Gasteiger partial charge in [0.15, 0.2) is 6.29 Å². The summed E-state index contributed by atoms with van der Waals surface area (Å²) in [4.78, 5) is 24.0. The molecule has 252 valence electrons. The van der Waals surface area contributed by atoms with Crippen LogP contribution in [0.15, 0.2) is 134 Å². The number of para-hydroxylation sites is 2. The van der Waals surface area contributed by atoms with Crippen LogP contribution in [0.25, 0.3) is 22.2 Å². The van der Waals surface area contributed by atoms with Crippen LogP contribution in [0.5, 0.6) is 0 Å². The molecular formula is C42H40N4O4. The van der Waals surface area contributed by atoms with Crippen LogP contribution >= 0.6 is 0 Å². The van der Waals surface area contributed by atoms with Crippen molar-refractivity contribution in [3.05, 3.63) is 167 Å². The lowest BCUT2D eigenvalue weighted by Crippen LogP contribution is -2.37. The third-order valence-corrected chi connectivity index (χ3v) is 9.00. The fourth-order valence-electron chi connectivity index (χ4n) is 6.37. The average Bonchev–Trinajstić information content (AvgIpc) is 3.17. The Morgan fingerprint density at radius 2 is 1.50 bits per heavy atom. The standard InChI is InChI=1S/C42H40N4O4/c1-46(26-29-8-3-2-4-9-29)27-36-23-40(33-16-14-30(28-47)15-17-33)50-42(49-36)34-20-18-32(19-21-34)35-11-7-10-31(22-35)24-44-41(48)39-25-43-37-12-5-6-13-38(37)45-39/h2-22,25,36,40,42,47H,23-24,26-28H2,1H3,(H,44,48)/t36-,40+,42+/m1/s1. The number of aliphatic hydroxyl groups excluding tert-OH is 1. The number of carbonyl (C=O) groups is 1. The molecule has 0 aliphatic carbocycles. The minimum atomic E-state index is -0.532. The molecule has 1 fully saturated rings. The molecule has 2 heterocycles. The van der Waals surface area contributed by atoms with Gasteiger partial charge in [0.1, 0.15) is 5.69 Å². The van der Waals surface area contributed by atoms with Gasteiger partial charge in [0.05, 0.1) is 36.0 Å². The van der Waals surface area contributed by atoms with Gasteiger partial charge in [-0.05, 0) is 58.6 Å². The lowest BCUT2D eigenvalue weighted by atomic mass is 9.99. The fourth-order valence-corrected chi connectivity index (χ4v) is 6.37. The van der Waals surface area contributed by atoms with E-state index >= 15 is 0 Å². The summed E-state index contributed by atoms with van der Waals surface area (Å²) >= 11 is 0. The SMILES string of the molecule is CN(Cc1ccccc1)C[C@H]1C[C@@H](c2ccc(CO)cc2)O[C@@H](c2ccc(-c3cccc(CNC(=O)c4cnc5ccccc5n4)c3)cc2)O1. The van der Waals surface area contributed by atoms with Gasteiger partial charge in [-0.2, -0.15) is 0 Å². The second kappa shape index (κ2) is 15.5. The van der Waals surface area contributed by atoms with Gasteiger partial charge < -0.3 is 19.9 Å². The summed E-state index contributed by atoms with van der Waals surface area (Å²) < 4.78 is 13.2. The van der Waals surface area contributed by atoms with Crippen molar-refractivity contribution in [2.75, 3.05) is 13.6 Å². The maximum atomic E-state index is 12.9. The highest BCUT2D eigenvalue weighted by molar-refractivity contribution is 5.93. The summed E-state index contributed by atoms with van der Waals surface area (Å²) in [6.07, 6.45) is 1.51. The number of amides is 1. The Hall–Kier alpha value is -5.25. The number of rotatable bonds is 11. The van der Waals surface area contributed by atoms with Crippen molar-refractivity contribution in [3.63, 3.8) is 0 Å². The predicted octanol–water partition coefficient (Wildman–Crippen LogP) is 7.40. The van der Waals surface area contributed by atoms with Gasteiger partial charge in [-0.15, -0.1) is 0 Å². The summed E-state index contributed by atoms with van der Waals surface area (Å²) in [5, 5.41) is 12.5. The summed E-state index contributed by atoms with van der Waals surface area (Å²) in [6, 6.07) is 42.4. The molecule has 0 radical (unpaired) electrons. The van der Waals surface area contributed by atoms with Crippen LogP contribution in [-0.4, -0.2) is 45.6 Å². The first-order chi connectivity index (χ1) is 24.5. The van der Waals surface area contributed by atoms with E-state index in [0.29, 0.717) is 12.1 Å². The number of benzene rings is 5.